The van der Waals surface area contributed by atoms with E-state index in [4.69, 9.17) is 21.4 Å². The molecule has 18 heavy (non-hydrogen) atoms. The minimum atomic E-state index is -4.06. The molecule has 6 nitrogen and oxygen atoms in total. The highest BCUT2D eigenvalue weighted by Crippen LogP contribution is 2.10. The smallest absolute Gasteiger partial charge is 0.322 e. The lowest BCUT2D eigenvalue weighted by molar-refractivity contribution is -0.138. The summed E-state index contributed by atoms with van der Waals surface area (Å²) in [5.74, 6) is -1.55. The molecule has 1 atom stereocenters. The molecule has 0 aliphatic rings. The van der Waals surface area contributed by atoms with Crippen molar-refractivity contribution in [2.75, 3.05) is 0 Å². The van der Waals surface area contributed by atoms with Gasteiger partial charge in [0.2, 0.25) is 0 Å². The highest BCUT2D eigenvalue weighted by atomic mass is 35.5. The van der Waals surface area contributed by atoms with E-state index in [0.717, 1.165) is 0 Å². The molecule has 0 amide bonds. The molecule has 0 aromatic heterocycles. The maximum absolute atomic E-state index is 10.7. The number of benzene rings is 1. The van der Waals surface area contributed by atoms with E-state index in [1.54, 1.807) is 12.1 Å². The van der Waals surface area contributed by atoms with Crippen LogP contribution in [0.2, 0.25) is 0 Å². The minimum Gasteiger partial charge on any atom is -0.480 e. The lowest BCUT2D eigenvalue weighted by atomic mass is 10.1. The van der Waals surface area contributed by atoms with Crippen LogP contribution in [0.5, 0.6) is 0 Å². The highest BCUT2D eigenvalue weighted by molar-refractivity contribution is 7.85. The molecule has 0 saturated carbocycles. The van der Waals surface area contributed by atoms with E-state index in [1.165, 1.54) is 12.1 Å². The fourth-order valence-corrected chi connectivity index (χ4v) is 2.17. The van der Waals surface area contributed by atoms with E-state index in [-0.39, 0.29) is 6.42 Å². The fraction of sp³-hybridized carbons (Fsp3) is 0.300. The number of rotatable bonds is 6. The van der Waals surface area contributed by atoms with Gasteiger partial charge in [0.05, 0.1) is 0 Å². The lowest BCUT2D eigenvalue weighted by Crippen LogP contribution is -2.32. The first kappa shape index (κ1) is 14.9. The molecule has 0 spiro atoms. The standard InChI is InChI=1S/C10H12ClNO5S/c11-12-9(10(13)14)5-7-1-3-8(4-2-7)6-18(15,16)17/h1-4,9,12H,5-6H2,(H,13,14)(H,15,16,17). The van der Waals surface area contributed by atoms with Gasteiger partial charge in [-0.3, -0.25) is 9.35 Å². The van der Waals surface area contributed by atoms with Gasteiger partial charge in [0.25, 0.3) is 10.1 Å². The number of hydrogen-bond donors (Lipinski definition) is 3. The van der Waals surface area contributed by atoms with Gasteiger partial charge in [-0.1, -0.05) is 24.3 Å². The van der Waals surface area contributed by atoms with Gasteiger partial charge in [0, 0.05) is 0 Å². The Balaban J connectivity index is 2.74. The molecule has 1 aromatic carbocycles. The largest absolute Gasteiger partial charge is 0.480 e. The summed E-state index contributed by atoms with van der Waals surface area (Å²) in [5, 5.41) is 8.78. The Morgan fingerprint density at radius 1 is 1.28 bits per heavy atom. The first-order valence-corrected chi connectivity index (χ1v) is 6.92. The van der Waals surface area contributed by atoms with Gasteiger partial charge in [0.15, 0.2) is 0 Å². The number of aliphatic carboxylic acids is 1. The average molecular weight is 294 g/mol. The molecule has 0 bridgehead atoms. The topological polar surface area (TPSA) is 104 Å². The molecule has 8 heteroatoms. The van der Waals surface area contributed by atoms with E-state index < -0.39 is 27.9 Å². The van der Waals surface area contributed by atoms with Crippen LogP contribution in [-0.4, -0.2) is 30.1 Å². The zero-order chi connectivity index (χ0) is 13.8. The van der Waals surface area contributed by atoms with Gasteiger partial charge >= 0.3 is 5.97 Å². The van der Waals surface area contributed by atoms with E-state index in [1.807, 2.05) is 0 Å². The number of nitrogens with one attached hydrogen (secondary N) is 1. The predicted molar refractivity (Wildman–Crippen MR) is 65.8 cm³/mol. The van der Waals surface area contributed by atoms with Crippen molar-refractivity contribution in [3.8, 4) is 0 Å². The third kappa shape index (κ3) is 5.01. The van der Waals surface area contributed by atoms with Crippen LogP contribution >= 0.6 is 11.8 Å². The molecule has 1 rings (SSSR count). The minimum absolute atomic E-state index is 0.172. The van der Waals surface area contributed by atoms with Crippen LogP contribution in [-0.2, 0) is 27.1 Å². The second kappa shape index (κ2) is 6.14. The van der Waals surface area contributed by atoms with E-state index in [9.17, 15) is 13.2 Å². The number of carbonyl (C=O) groups is 1. The molecular formula is C10H12ClNO5S. The summed E-state index contributed by atoms with van der Waals surface area (Å²) in [6, 6.07) is 5.28. The van der Waals surface area contributed by atoms with Crippen LogP contribution in [0.25, 0.3) is 0 Å². The molecule has 0 fully saturated rings. The molecule has 3 N–H and O–H groups in total. The Morgan fingerprint density at radius 2 is 1.78 bits per heavy atom. The van der Waals surface area contributed by atoms with Gasteiger partial charge in [-0.25, -0.2) is 4.84 Å². The molecule has 0 saturated heterocycles. The maximum Gasteiger partial charge on any atom is 0.322 e. The molecule has 0 heterocycles. The summed E-state index contributed by atoms with van der Waals surface area (Å²) in [7, 11) is -4.06. The lowest BCUT2D eigenvalue weighted by Gasteiger charge is -2.09. The van der Waals surface area contributed by atoms with Gasteiger partial charge in [-0.15, -0.1) is 0 Å². The van der Waals surface area contributed by atoms with Gasteiger partial charge < -0.3 is 5.11 Å². The molecule has 0 radical (unpaired) electrons. The highest BCUT2D eigenvalue weighted by Gasteiger charge is 2.16. The Kier molecular flexibility index (Phi) is 5.09. The zero-order valence-electron chi connectivity index (χ0n) is 9.21. The van der Waals surface area contributed by atoms with Crippen LogP contribution < -0.4 is 4.84 Å². The zero-order valence-corrected chi connectivity index (χ0v) is 10.8. The van der Waals surface area contributed by atoms with Crippen LogP contribution in [0, 0.1) is 0 Å². The number of halogens is 1. The first-order valence-electron chi connectivity index (χ1n) is 4.94. The second-order valence-corrected chi connectivity index (χ2v) is 5.42. The Bertz CT molecular complexity index is 514. The average Bonchev–Trinajstić information content (AvgIpc) is 2.25. The quantitative estimate of drug-likeness (QED) is 0.530. The van der Waals surface area contributed by atoms with Crippen molar-refractivity contribution in [3.63, 3.8) is 0 Å². The predicted octanol–water partition coefficient (Wildman–Crippen LogP) is 0.813. The third-order valence-electron chi connectivity index (χ3n) is 2.24. The Labute approximate surface area is 109 Å². The molecule has 1 aromatic rings. The third-order valence-corrected chi connectivity index (χ3v) is 3.20. The van der Waals surface area contributed by atoms with E-state index in [2.05, 4.69) is 4.84 Å². The van der Waals surface area contributed by atoms with E-state index >= 15 is 0 Å². The maximum atomic E-state index is 10.7. The van der Waals surface area contributed by atoms with Crippen molar-refractivity contribution in [1.82, 2.24) is 4.84 Å². The van der Waals surface area contributed by atoms with Gasteiger partial charge in [-0.2, -0.15) is 8.42 Å². The van der Waals surface area contributed by atoms with Crippen LogP contribution in [0.1, 0.15) is 11.1 Å². The Hall–Kier alpha value is -1.15. The van der Waals surface area contributed by atoms with Crippen molar-refractivity contribution >= 4 is 27.9 Å². The summed E-state index contributed by atoms with van der Waals surface area (Å²) >= 11 is 5.29. The molecular weight excluding hydrogens is 282 g/mol. The molecule has 1 unspecified atom stereocenters. The second-order valence-electron chi connectivity index (χ2n) is 3.75. The summed E-state index contributed by atoms with van der Waals surface area (Å²) in [6.07, 6.45) is 0.172. The summed E-state index contributed by atoms with van der Waals surface area (Å²) in [6.45, 7) is 0. The number of hydrogen-bond acceptors (Lipinski definition) is 4. The van der Waals surface area contributed by atoms with Gasteiger partial charge in [0.1, 0.15) is 11.8 Å². The monoisotopic (exact) mass is 293 g/mol. The van der Waals surface area contributed by atoms with Gasteiger partial charge in [-0.05, 0) is 29.3 Å². The van der Waals surface area contributed by atoms with E-state index in [0.29, 0.717) is 11.1 Å². The van der Waals surface area contributed by atoms with Crippen LogP contribution in [0.15, 0.2) is 24.3 Å². The van der Waals surface area contributed by atoms with Crippen molar-refractivity contribution in [3.05, 3.63) is 35.4 Å². The first-order chi connectivity index (χ1) is 8.31. The van der Waals surface area contributed by atoms with Crippen molar-refractivity contribution in [2.45, 2.75) is 18.2 Å². The normalized spacial score (nSPS) is 13.2. The molecule has 100 valence electrons. The fourth-order valence-electron chi connectivity index (χ4n) is 1.39. The number of carboxylic acid groups (broad SMARTS) is 1. The SMILES string of the molecule is O=C(O)C(Cc1ccc(CS(=O)(=O)O)cc1)NCl. The Morgan fingerprint density at radius 3 is 2.17 bits per heavy atom. The number of carboxylic acids is 1. The van der Waals surface area contributed by atoms with Crippen LogP contribution in [0.3, 0.4) is 0 Å². The molecule has 0 aliphatic heterocycles. The molecule has 0 aliphatic carbocycles. The summed E-state index contributed by atoms with van der Waals surface area (Å²) in [5.41, 5.74) is 1.11. The summed E-state index contributed by atoms with van der Waals surface area (Å²) in [4.78, 5) is 12.9. The summed E-state index contributed by atoms with van der Waals surface area (Å²) < 4.78 is 30.0. The van der Waals surface area contributed by atoms with Crippen molar-refractivity contribution < 1.29 is 22.9 Å². The van der Waals surface area contributed by atoms with Crippen molar-refractivity contribution in [2.24, 2.45) is 0 Å². The van der Waals surface area contributed by atoms with Crippen LogP contribution in [0.4, 0.5) is 0 Å². The van der Waals surface area contributed by atoms with Crippen molar-refractivity contribution in [1.29, 1.82) is 0 Å².